The van der Waals surface area contributed by atoms with Crippen LogP contribution in [0.3, 0.4) is 0 Å². The van der Waals surface area contributed by atoms with E-state index < -0.39 is 0 Å². The van der Waals surface area contributed by atoms with Crippen molar-refractivity contribution in [3.63, 3.8) is 0 Å². The van der Waals surface area contributed by atoms with Crippen LogP contribution in [0.15, 0.2) is 12.1 Å². The summed E-state index contributed by atoms with van der Waals surface area (Å²) in [5, 5.41) is 0. The van der Waals surface area contributed by atoms with Crippen LogP contribution in [0.2, 0.25) is 0 Å². The van der Waals surface area contributed by atoms with E-state index in [1.54, 1.807) is 11.3 Å². The standard InChI is InChI=1S/C16H26N2OS/c1-5-18-14(19)8-6-7-11(17)15(18)12-9-10-13(20-12)16(2,3)4/h9-11,15H,5-8,17H2,1-4H3. The van der Waals surface area contributed by atoms with Gasteiger partial charge in [-0.3, -0.25) is 4.79 Å². The quantitative estimate of drug-likeness (QED) is 0.908. The van der Waals surface area contributed by atoms with E-state index >= 15 is 0 Å². The first-order valence-corrected chi connectivity index (χ1v) is 8.31. The van der Waals surface area contributed by atoms with E-state index in [1.807, 2.05) is 11.8 Å². The van der Waals surface area contributed by atoms with E-state index in [-0.39, 0.29) is 23.4 Å². The number of carbonyl (C=O) groups excluding carboxylic acids is 1. The average molecular weight is 294 g/mol. The Balaban J connectivity index is 2.35. The average Bonchev–Trinajstić information content (AvgIpc) is 2.79. The zero-order chi connectivity index (χ0) is 14.9. The Bertz CT molecular complexity index is 475. The van der Waals surface area contributed by atoms with Crippen LogP contribution in [0.25, 0.3) is 0 Å². The molecule has 1 aromatic heterocycles. The summed E-state index contributed by atoms with van der Waals surface area (Å²) < 4.78 is 0. The minimum atomic E-state index is 0.0490. The Kier molecular flexibility index (Phi) is 4.55. The number of likely N-dealkylation sites (N-methyl/N-ethyl adjacent to an activating group) is 1. The maximum atomic E-state index is 12.3. The highest BCUT2D eigenvalue weighted by Crippen LogP contribution is 2.37. The van der Waals surface area contributed by atoms with Gasteiger partial charge in [0, 0.05) is 28.8 Å². The Morgan fingerprint density at radius 3 is 2.65 bits per heavy atom. The summed E-state index contributed by atoms with van der Waals surface area (Å²) in [5.74, 6) is 0.246. The van der Waals surface area contributed by atoms with Crippen molar-refractivity contribution in [2.24, 2.45) is 5.73 Å². The summed E-state index contributed by atoms with van der Waals surface area (Å²) in [7, 11) is 0. The fourth-order valence-electron chi connectivity index (χ4n) is 2.83. The van der Waals surface area contributed by atoms with Crippen molar-refractivity contribution in [2.75, 3.05) is 6.54 Å². The molecular weight excluding hydrogens is 268 g/mol. The van der Waals surface area contributed by atoms with E-state index in [4.69, 9.17) is 5.73 Å². The van der Waals surface area contributed by atoms with Gasteiger partial charge in [-0.05, 0) is 37.3 Å². The van der Waals surface area contributed by atoms with Crippen LogP contribution in [0.5, 0.6) is 0 Å². The fourth-order valence-corrected chi connectivity index (χ4v) is 4.08. The van der Waals surface area contributed by atoms with Crippen molar-refractivity contribution in [1.29, 1.82) is 0 Å². The number of nitrogens with two attached hydrogens (primary N) is 1. The van der Waals surface area contributed by atoms with E-state index in [2.05, 4.69) is 32.9 Å². The summed E-state index contributed by atoms with van der Waals surface area (Å²) in [6.07, 6.45) is 2.47. The van der Waals surface area contributed by atoms with Crippen molar-refractivity contribution in [3.8, 4) is 0 Å². The zero-order valence-corrected chi connectivity index (χ0v) is 13.8. The normalized spacial score (nSPS) is 24.9. The first-order valence-electron chi connectivity index (χ1n) is 7.50. The van der Waals surface area contributed by atoms with Crippen LogP contribution < -0.4 is 5.73 Å². The molecule has 112 valence electrons. The lowest BCUT2D eigenvalue weighted by molar-refractivity contribution is -0.132. The maximum absolute atomic E-state index is 12.3. The summed E-state index contributed by atoms with van der Waals surface area (Å²) in [5.41, 5.74) is 6.52. The van der Waals surface area contributed by atoms with Gasteiger partial charge in [0.15, 0.2) is 0 Å². The second-order valence-corrected chi connectivity index (χ2v) is 7.75. The third kappa shape index (κ3) is 3.07. The highest BCUT2D eigenvalue weighted by atomic mass is 32.1. The Labute approximate surface area is 126 Å². The van der Waals surface area contributed by atoms with Crippen LogP contribution in [-0.2, 0) is 10.2 Å². The highest BCUT2D eigenvalue weighted by molar-refractivity contribution is 7.12. The molecule has 0 aromatic carbocycles. The number of carbonyl (C=O) groups is 1. The summed E-state index contributed by atoms with van der Waals surface area (Å²) in [6, 6.07) is 4.46. The van der Waals surface area contributed by atoms with E-state index in [9.17, 15) is 4.79 Å². The largest absolute Gasteiger partial charge is 0.334 e. The smallest absolute Gasteiger partial charge is 0.223 e. The number of thiophene rings is 1. The van der Waals surface area contributed by atoms with Gasteiger partial charge in [0.25, 0.3) is 0 Å². The monoisotopic (exact) mass is 294 g/mol. The molecular formula is C16H26N2OS. The Morgan fingerprint density at radius 1 is 1.40 bits per heavy atom. The molecule has 0 spiro atoms. The van der Waals surface area contributed by atoms with Gasteiger partial charge in [0.2, 0.25) is 5.91 Å². The first kappa shape index (κ1) is 15.5. The molecule has 2 unspecified atom stereocenters. The number of hydrogen-bond acceptors (Lipinski definition) is 3. The summed E-state index contributed by atoms with van der Waals surface area (Å²) in [6.45, 7) is 9.44. The molecule has 0 bridgehead atoms. The van der Waals surface area contributed by atoms with Crippen molar-refractivity contribution in [3.05, 3.63) is 21.9 Å². The van der Waals surface area contributed by atoms with Crippen LogP contribution in [0, 0.1) is 0 Å². The molecule has 20 heavy (non-hydrogen) atoms. The molecule has 3 nitrogen and oxygen atoms in total. The second kappa shape index (κ2) is 5.86. The molecule has 1 amide bonds. The molecule has 1 aliphatic rings. The van der Waals surface area contributed by atoms with Gasteiger partial charge >= 0.3 is 0 Å². The van der Waals surface area contributed by atoms with Gasteiger partial charge in [0.1, 0.15) is 0 Å². The van der Waals surface area contributed by atoms with Crippen LogP contribution in [0.4, 0.5) is 0 Å². The van der Waals surface area contributed by atoms with Gasteiger partial charge in [0.05, 0.1) is 6.04 Å². The minimum Gasteiger partial charge on any atom is -0.334 e. The third-order valence-corrected chi connectivity index (χ3v) is 5.57. The molecule has 4 heteroatoms. The SMILES string of the molecule is CCN1C(=O)CCCC(N)C1c1ccc(C(C)(C)C)s1. The van der Waals surface area contributed by atoms with E-state index in [1.165, 1.54) is 9.75 Å². The summed E-state index contributed by atoms with van der Waals surface area (Å²) in [4.78, 5) is 16.8. The number of hydrogen-bond donors (Lipinski definition) is 1. The molecule has 1 fully saturated rings. The van der Waals surface area contributed by atoms with Gasteiger partial charge < -0.3 is 10.6 Å². The molecule has 0 aliphatic carbocycles. The second-order valence-electron chi connectivity index (χ2n) is 6.63. The molecule has 2 atom stereocenters. The lowest BCUT2D eigenvalue weighted by Gasteiger charge is -2.32. The van der Waals surface area contributed by atoms with Crippen molar-refractivity contribution < 1.29 is 4.79 Å². The van der Waals surface area contributed by atoms with Gasteiger partial charge in [-0.15, -0.1) is 11.3 Å². The molecule has 2 N–H and O–H groups in total. The first-order chi connectivity index (χ1) is 9.34. The minimum absolute atomic E-state index is 0.0490. The Hall–Kier alpha value is -0.870. The maximum Gasteiger partial charge on any atom is 0.223 e. The van der Waals surface area contributed by atoms with E-state index in [0.717, 1.165) is 19.4 Å². The van der Waals surface area contributed by atoms with Crippen molar-refractivity contribution in [2.45, 2.75) is 64.5 Å². The molecule has 2 heterocycles. The van der Waals surface area contributed by atoms with Crippen LogP contribution in [-0.4, -0.2) is 23.4 Å². The zero-order valence-electron chi connectivity index (χ0n) is 13.0. The van der Waals surface area contributed by atoms with E-state index in [0.29, 0.717) is 6.42 Å². The number of rotatable bonds is 2. The van der Waals surface area contributed by atoms with Gasteiger partial charge in [-0.25, -0.2) is 0 Å². The topological polar surface area (TPSA) is 46.3 Å². The Morgan fingerprint density at radius 2 is 2.10 bits per heavy atom. The van der Waals surface area contributed by atoms with Crippen molar-refractivity contribution in [1.82, 2.24) is 4.90 Å². The molecule has 0 radical (unpaired) electrons. The van der Waals surface area contributed by atoms with Crippen molar-refractivity contribution >= 4 is 17.2 Å². The summed E-state index contributed by atoms with van der Waals surface area (Å²) >= 11 is 1.81. The predicted octanol–water partition coefficient (Wildman–Crippen LogP) is 3.45. The lowest BCUT2D eigenvalue weighted by Crippen LogP contribution is -2.41. The van der Waals surface area contributed by atoms with Crippen LogP contribution >= 0.6 is 11.3 Å². The highest BCUT2D eigenvalue weighted by Gasteiger charge is 2.33. The molecule has 2 rings (SSSR count). The number of amides is 1. The van der Waals surface area contributed by atoms with Gasteiger partial charge in [-0.2, -0.15) is 0 Å². The fraction of sp³-hybridized carbons (Fsp3) is 0.688. The lowest BCUT2D eigenvalue weighted by atomic mass is 9.95. The molecule has 1 aliphatic heterocycles. The molecule has 1 aromatic rings. The number of nitrogens with zero attached hydrogens (tertiary/aromatic N) is 1. The predicted molar refractivity (Wildman–Crippen MR) is 85.0 cm³/mol. The van der Waals surface area contributed by atoms with Crippen LogP contribution in [0.1, 0.15) is 62.8 Å². The molecule has 1 saturated heterocycles. The number of likely N-dealkylation sites (tertiary alicyclic amines) is 1. The third-order valence-electron chi connectivity index (χ3n) is 3.99. The molecule has 0 saturated carbocycles. The van der Waals surface area contributed by atoms with Gasteiger partial charge in [-0.1, -0.05) is 20.8 Å².